The maximum absolute atomic E-state index is 12.1. The molecule has 1 saturated heterocycles. The number of carbonyl (C=O) groups excluding carboxylic acids is 1. The molecule has 1 fully saturated rings. The molecule has 23 heavy (non-hydrogen) atoms. The molecule has 0 bridgehead atoms. The highest BCUT2D eigenvalue weighted by molar-refractivity contribution is 5.76. The van der Waals surface area contributed by atoms with Gasteiger partial charge in [-0.05, 0) is 31.9 Å². The minimum atomic E-state index is 0.266. The minimum absolute atomic E-state index is 0.266. The smallest absolute Gasteiger partial charge is 0.222 e. The molecule has 1 aromatic rings. The van der Waals surface area contributed by atoms with E-state index in [0.29, 0.717) is 12.3 Å². The molecular formula is C17H29N5O. The summed E-state index contributed by atoms with van der Waals surface area (Å²) in [7, 11) is 0. The normalized spacial score (nSPS) is 15.2. The summed E-state index contributed by atoms with van der Waals surface area (Å²) in [6, 6.07) is 4.07. The van der Waals surface area contributed by atoms with Gasteiger partial charge in [0, 0.05) is 45.7 Å². The number of anilines is 2. The quantitative estimate of drug-likeness (QED) is 0.803. The van der Waals surface area contributed by atoms with Crippen molar-refractivity contribution in [1.29, 1.82) is 0 Å². The Kier molecular flexibility index (Phi) is 6.19. The molecule has 1 aromatic heterocycles. The zero-order chi connectivity index (χ0) is 16.8. The molecule has 0 aromatic carbocycles. The summed E-state index contributed by atoms with van der Waals surface area (Å²) >= 11 is 0. The lowest BCUT2D eigenvalue weighted by atomic mass is 10.1. The summed E-state index contributed by atoms with van der Waals surface area (Å²) in [5, 5.41) is 8.71. The Balaban J connectivity index is 1.91. The van der Waals surface area contributed by atoms with Gasteiger partial charge < -0.3 is 14.7 Å². The van der Waals surface area contributed by atoms with E-state index in [1.807, 2.05) is 17.0 Å². The van der Waals surface area contributed by atoms with Crippen LogP contribution in [0.1, 0.15) is 34.1 Å². The first-order chi connectivity index (χ1) is 11.0. The second kappa shape index (κ2) is 8.13. The molecule has 128 valence electrons. The summed E-state index contributed by atoms with van der Waals surface area (Å²) in [5.41, 5.74) is 0. The third kappa shape index (κ3) is 4.56. The van der Waals surface area contributed by atoms with Crippen LogP contribution in [0.3, 0.4) is 0 Å². The number of aromatic nitrogens is 2. The topological polar surface area (TPSA) is 52.6 Å². The first-order valence-electron chi connectivity index (χ1n) is 8.66. The number of piperazine rings is 1. The lowest BCUT2D eigenvalue weighted by molar-refractivity contribution is -0.132. The van der Waals surface area contributed by atoms with E-state index in [4.69, 9.17) is 0 Å². The Morgan fingerprint density at radius 2 is 1.78 bits per heavy atom. The Morgan fingerprint density at radius 3 is 2.26 bits per heavy atom. The second-order valence-electron chi connectivity index (χ2n) is 6.39. The minimum Gasteiger partial charge on any atom is -0.356 e. The predicted octanol–water partition coefficient (Wildman–Crippen LogP) is 2.02. The summed E-state index contributed by atoms with van der Waals surface area (Å²) in [6.07, 6.45) is 0.637. The summed E-state index contributed by atoms with van der Waals surface area (Å²) < 4.78 is 0. The van der Waals surface area contributed by atoms with Crippen molar-refractivity contribution in [1.82, 2.24) is 15.1 Å². The van der Waals surface area contributed by atoms with E-state index in [-0.39, 0.29) is 5.91 Å². The fourth-order valence-electron chi connectivity index (χ4n) is 2.87. The molecule has 0 atom stereocenters. The molecule has 0 saturated carbocycles. The van der Waals surface area contributed by atoms with Gasteiger partial charge in [-0.3, -0.25) is 4.79 Å². The lowest BCUT2D eigenvalue weighted by Crippen LogP contribution is -2.49. The Labute approximate surface area is 139 Å². The van der Waals surface area contributed by atoms with Crippen LogP contribution in [0, 0.1) is 5.92 Å². The van der Waals surface area contributed by atoms with Gasteiger partial charge in [0.05, 0.1) is 0 Å². The lowest BCUT2D eigenvalue weighted by Gasteiger charge is -2.35. The molecule has 0 spiro atoms. The van der Waals surface area contributed by atoms with Crippen LogP contribution in [0.2, 0.25) is 0 Å². The van der Waals surface area contributed by atoms with Crippen LogP contribution in [-0.2, 0) is 4.79 Å². The molecule has 0 unspecified atom stereocenters. The monoisotopic (exact) mass is 319 g/mol. The largest absolute Gasteiger partial charge is 0.356 e. The van der Waals surface area contributed by atoms with Crippen molar-refractivity contribution in [3.63, 3.8) is 0 Å². The van der Waals surface area contributed by atoms with E-state index in [1.54, 1.807) is 0 Å². The van der Waals surface area contributed by atoms with Gasteiger partial charge in [-0.15, -0.1) is 10.2 Å². The van der Waals surface area contributed by atoms with Gasteiger partial charge in [0.1, 0.15) is 0 Å². The standard InChI is InChI=1S/C17H29N5O/c1-5-20(6-2)15-7-8-16(19-18-15)21-9-11-22(12-10-21)17(23)13-14(3)4/h7-8,14H,5-6,9-13H2,1-4H3. The zero-order valence-corrected chi connectivity index (χ0v) is 14.8. The van der Waals surface area contributed by atoms with Gasteiger partial charge in [0.15, 0.2) is 11.6 Å². The van der Waals surface area contributed by atoms with Crippen molar-refractivity contribution in [3.8, 4) is 0 Å². The number of rotatable bonds is 6. The highest BCUT2D eigenvalue weighted by atomic mass is 16.2. The second-order valence-corrected chi connectivity index (χ2v) is 6.39. The Bertz CT molecular complexity index is 490. The van der Waals surface area contributed by atoms with Crippen LogP contribution in [-0.4, -0.2) is 60.3 Å². The van der Waals surface area contributed by atoms with Crippen LogP contribution >= 0.6 is 0 Å². The van der Waals surface area contributed by atoms with Crippen molar-refractivity contribution in [2.24, 2.45) is 5.92 Å². The molecule has 1 aliphatic rings. The van der Waals surface area contributed by atoms with Crippen molar-refractivity contribution >= 4 is 17.5 Å². The highest BCUT2D eigenvalue weighted by Crippen LogP contribution is 2.17. The van der Waals surface area contributed by atoms with Crippen LogP contribution in [0.5, 0.6) is 0 Å². The van der Waals surface area contributed by atoms with E-state index in [2.05, 4.69) is 47.7 Å². The maximum atomic E-state index is 12.1. The van der Waals surface area contributed by atoms with Crippen LogP contribution in [0.15, 0.2) is 12.1 Å². The molecule has 0 N–H and O–H groups in total. The van der Waals surface area contributed by atoms with E-state index in [1.165, 1.54) is 0 Å². The van der Waals surface area contributed by atoms with Crippen LogP contribution in [0.4, 0.5) is 11.6 Å². The average molecular weight is 319 g/mol. The molecule has 0 radical (unpaired) electrons. The maximum Gasteiger partial charge on any atom is 0.222 e. The number of amides is 1. The number of hydrogen-bond donors (Lipinski definition) is 0. The van der Waals surface area contributed by atoms with Crippen molar-refractivity contribution in [2.45, 2.75) is 34.1 Å². The molecule has 2 rings (SSSR count). The first-order valence-corrected chi connectivity index (χ1v) is 8.66. The van der Waals surface area contributed by atoms with Crippen LogP contribution < -0.4 is 9.80 Å². The van der Waals surface area contributed by atoms with Crippen molar-refractivity contribution in [2.75, 3.05) is 49.1 Å². The third-order valence-electron chi connectivity index (χ3n) is 4.26. The van der Waals surface area contributed by atoms with Gasteiger partial charge in [-0.25, -0.2) is 0 Å². The van der Waals surface area contributed by atoms with Gasteiger partial charge in [0.25, 0.3) is 0 Å². The molecule has 0 aliphatic carbocycles. The van der Waals surface area contributed by atoms with E-state index in [9.17, 15) is 4.79 Å². The fourth-order valence-corrected chi connectivity index (χ4v) is 2.87. The summed E-state index contributed by atoms with van der Waals surface area (Å²) in [6.45, 7) is 13.5. The summed E-state index contributed by atoms with van der Waals surface area (Å²) in [4.78, 5) is 18.5. The molecule has 1 amide bonds. The van der Waals surface area contributed by atoms with Crippen molar-refractivity contribution < 1.29 is 4.79 Å². The highest BCUT2D eigenvalue weighted by Gasteiger charge is 2.22. The zero-order valence-electron chi connectivity index (χ0n) is 14.8. The van der Waals surface area contributed by atoms with Gasteiger partial charge >= 0.3 is 0 Å². The van der Waals surface area contributed by atoms with Gasteiger partial charge in [-0.1, -0.05) is 13.8 Å². The number of nitrogens with zero attached hydrogens (tertiary/aromatic N) is 5. The average Bonchev–Trinajstić information content (AvgIpc) is 2.56. The van der Waals surface area contributed by atoms with Crippen molar-refractivity contribution in [3.05, 3.63) is 12.1 Å². The van der Waals surface area contributed by atoms with E-state index in [0.717, 1.165) is 50.9 Å². The SMILES string of the molecule is CCN(CC)c1ccc(N2CCN(C(=O)CC(C)C)CC2)nn1. The Morgan fingerprint density at radius 1 is 1.13 bits per heavy atom. The first kappa shape index (κ1) is 17.5. The van der Waals surface area contributed by atoms with Gasteiger partial charge in [-0.2, -0.15) is 0 Å². The molecule has 6 nitrogen and oxygen atoms in total. The third-order valence-corrected chi connectivity index (χ3v) is 4.26. The molecular weight excluding hydrogens is 290 g/mol. The number of carbonyl (C=O) groups is 1. The molecule has 2 heterocycles. The molecule has 1 aliphatic heterocycles. The Hall–Kier alpha value is -1.85. The molecule has 6 heteroatoms. The number of hydrogen-bond acceptors (Lipinski definition) is 5. The summed E-state index contributed by atoms with van der Waals surface area (Å²) in [5.74, 6) is 2.50. The van der Waals surface area contributed by atoms with Crippen LogP contribution in [0.25, 0.3) is 0 Å². The van der Waals surface area contributed by atoms with E-state index < -0.39 is 0 Å². The van der Waals surface area contributed by atoms with Gasteiger partial charge in [0.2, 0.25) is 5.91 Å². The fraction of sp³-hybridized carbons (Fsp3) is 0.706. The van der Waals surface area contributed by atoms with E-state index >= 15 is 0 Å². The predicted molar refractivity (Wildman–Crippen MR) is 93.8 cm³/mol.